The Morgan fingerprint density at radius 3 is 2.69 bits per heavy atom. The average molecular weight is 431 g/mol. The fourth-order valence-corrected chi connectivity index (χ4v) is 3.23. The molecule has 2 aromatic heterocycles. The van der Waals surface area contributed by atoms with Crippen molar-refractivity contribution in [3.8, 4) is 0 Å². The minimum Gasteiger partial charge on any atom is -0.352 e. The number of aliphatic imine (C=N–C) groups is 1. The van der Waals surface area contributed by atoms with Crippen molar-refractivity contribution in [3.05, 3.63) is 65.9 Å². The number of aromatic amines is 1. The van der Waals surface area contributed by atoms with E-state index in [0.29, 0.717) is 34.9 Å². The number of nitrogens with zero attached hydrogens (tertiary/aromatic N) is 6. The third-order valence-corrected chi connectivity index (χ3v) is 4.73. The molecule has 2 N–H and O–H groups in total. The molecule has 0 radical (unpaired) electrons. The van der Waals surface area contributed by atoms with E-state index in [0.717, 1.165) is 16.7 Å². The number of para-hydroxylation sites is 1. The van der Waals surface area contributed by atoms with E-state index in [-0.39, 0.29) is 5.91 Å². The van der Waals surface area contributed by atoms with E-state index in [1.54, 1.807) is 37.8 Å². The predicted octanol–water partition coefficient (Wildman–Crippen LogP) is 4.29. The summed E-state index contributed by atoms with van der Waals surface area (Å²) < 4.78 is 0. The topological polar surface area (TPSA) is 111 Å². The van der Waals surface area contributed by atoms with Crippen LogP contribution in [0.5, 0.6) is 0 Å². The molecule has 164 valence electrons. The highest BCUT2D eigenvalue weighted by Crippen LogP contribution is 2.26. The van der Waals surface area contributed by atoms with E-state index < -0.39 is 0 Å². The number of hydrogen-bond donors (Lipinski definition) is 2. The third-order valence-electron chi connectivity index (χ3n) is 4.73. The van der Waals surface area contributed by atoms with Gasteiger partial charge in [0.05, 0.1) is 28.9 Å². The summed E-state index contributed by atoms with van der Waals surface area (Å²) in [4.78, 5) is 30.9. The highest BCUT2D eigenvalue weighted by atomic mass is 16.1. The van der Waals surface area contributed by atoms with Gasteiger partial charge in [-0.05, 0) is 44.8 Å². The van der Waals surface area contributed by atoms with Crippen molar-refractivity contribution < 1.29 is 4.79 Å². The second-order valence-electron chi connectivity index (χ2n) is 6.82. The molecule has 1 aromatic carbocycles. The first kappa shape index (κ1) is 22.5. The van der Waals surface area contributed by atoms with Gasteiger partial charge in [-0.3, -0.25) is 9.79 Å². The maximum atomic E-state index is 12.6. The molecule has 3 aromatic rings. The number of pyridine rings is 1. The Kier molecular flexibility index (Phi) is 7.22. The lowest BCUT2D eigenvalue weighted by molar-refractivity contribution is 0.0955. The number of azo groups is 1. The number of aromatic nitrogens is 3. The molecule has 9 nitrogen and oxygen atoms in total. The number of H-pyrrole nitrogens is 1. The lowest BCUT2D eigenvalue weighted by atomic mass is 10.1. The standard InChI is InChI=1S/C23H26N8O/c1-6-16(30-25-4)18-11-15(23(32)26-7-2)12-19(29-18)20(24-3)13-31(5)21-10-8-9-17-22(21)28-14-27-17/h6,8-14H,3,7H2,1-2,4-5H3,(H,26,32)(H,27,28)/b16-6-,20-13-,30-25?. The van der Waals surface area contributed by atoms with Gasteiger partial charge in [0, 0.05) is 32.4 Å². The monoisotopic (exact) mass is 430 g/mol. The molecule has 0 spiro atoms. The molecule has 0 unspecified atom stereocenters. The van der Waals surface area contributed by atoms with Gasteiger partial charge in [-0.2, -0.15) is 10.2 Å². The van der Waals surface area contributed by atoms with E-state index in [9.17, 15) is 4.79 Å². The van der Waals surface area contributed by atoms with E-state index in [1.165, 1.54) is 0 Å². The Bertz CT molecular complexity index is 1220. The van der Waals surface area contributed by atoms with Crippen molar-refractivity contribution >= 4 is 40.7 Å². The Morgan fingerprint density at radius 1 is 1.28 bits per heavy atom. The summed E-state index contributed by atoms with van der Waals surface area (Å²) in [6, 6.07) is 9.24. The molecular weight excluding hydrogens is 404 g/mol. The van der Waals surface area contributed by atoms with Crippen molar-refractivity contribution in [1.82, 2.24) is 20.3 Å². The number of carbonyl (C=O) groups is 1. The number of amides is 1. The number of hydrogen-bond acceptors (Lipinski definition) is 7. The lowest BCUT2D eigenvalue weighted by Gasteiger charge is -2.16. The minimum atomic E-state index is -0.209. The van der Waals surface area contributed by atoms with Crippen molar-refractivity contribution in [2.24, 2.45) is 15.2 Å². The molecular formula is C23H26N8O. The molecule has 0 saturated heterocycles. The number of nitrogens with one attached hydrogen (secondary N) is 2. The number of carbonyl (C=O) groups excluding carboxylic acids is 1. The number of rotatable bonds is 8. The summed E-state index contributed by atoms with van der Waals surface area (Å²) in [6.45, 7) is 7.93. The van der Waals surface area contributed by atoms with E-state index in [4.69, 9.17) is 0 Å². The second-order valence-corrected chi connectivity index (χ2v) is 6.82. The molecule has 0 atom stereocenters. The van der Waals surface area contributed by atoms with Gasteiger partial charge < -0.3 is 15.2 Å². The Balaban J connectivity index is 2.11. The lowest BCUT2D eigenvalue weighted by Crippen LogP contribution is -2.23. The van der Waals surface area contributed by atoms with Gasteiger partial charge in [0.25, 0.3) is 5.91 Å². The molecule has 0 bridgehead atoms. The van der Waals surface area contributed by atoms with Crippen LogP contribution in [0.3, 0.4) is 0 Å². The average Bonchev–Trinajstić information content (AvgIpc) is 3.29. The first-order chi connectivity index (χ1) is 15.5. The van der Waals surface area contributed by atoms with Crippen molar-refractivity contribution in [1.29, 1.82) is 0 Å². The van der Waals surface area contributed by atoms with Gasteiger partial charge in [0.1, 0.15) is 16.9 Å². The summed E-state index contributed by atoms with van der Waals surface area (Å²) >= 11 is 0. The molecule has 1 amide bonds. The van der Waals surface area contributed by atoms with Crippen molar-refractivity contribution in [3.63, 3.8) is 0 Å². The number of imidazole rings is 1. The quantitative estimate of drug-likeness (QED) is 0.410. The number of allylic oxidation sites excluding steroid dienone is 1. The normalized spacial score (nSPS) is 12.4. The maximum Gasteiger partial charge on any atom is 0.251 e. The molecule has 9 heteroatoms. The molecule has 0 fully saturated rings. The van der Waals surface area contributed by atoms with Crippen LogP contribution in [0.1, 0.15) is 35.6 Å². The van der Waals surface area contributed by atoms with Crippen LogP contribution in [0, 0.1) is 0 Å². The van der Waals surface area contributed by atoms with Crippen molar-refractivity contribution in [2.75, 3.05) is 25.5 Å². The zero-order valence-electron chi connectivity index (χ0n) is 18.6. The SMILES string of the molecule is C=N/C(=C\N(C)c1cccc2[nH]cnc12)c1cc(C(=O)NCC)cc(/C(=C/C)N=NC)n1. The minimum absolute atomic E-state index is 0.209. The Labute approximate surface area is 186 Å². The van der Waals surface area contributed by atoms with E-state index in [1.807, 2.05) is 44.0 Å². The maximum absolute atomic E-state index is 12.6. The molecule has 0 aliphatic rings. The van der Waals surface area contributed by atoms with Gasteiger partial charge >= 0.3 is 0 Å². The molecule has 3 rings (SSSR count). The van der Waals surface area contributed by atoms with Crippen LogP contribution in [-0.4, -0.2) is 48.2 Å². The summed E-state index contributed by atoms with van der Waals surface area (Å²) in [5.74, 6) is -0.209. The van der Waals surface area contributed by atoms with Crippen LogP contribution in [0.4, 0.5) is 5.69 Å². The van der Waals surface area contributed by atoms with Crippen molar-refractivity contribution in [2.45, 2.75) is 13.8 Å². The first-order valence-electron chi connectivity index (χ1n) is 10.1. The van der Waals surface area contributed by atoms with Crippen LogP contribution < -0.4 is 10.2 Å². The van der Waals surface area contributed by atoms with Crippen LogP contribution in [0.15, 0.2) is 64.2 Å². The summed E-state index contributed by atoms with van der Waals surface area (Å²) in [5.41, 5.74) is 5.15. The predicted molar refractivity (Wildman–Crippen MR) is 129 cm³/mol. The second kappa shape index (κ2) is 10.3. The summed E-state index contributed by atoms with van der Waals surface area (Å²) in [6.07, 6.45) is 5.25. The van der Waals surface area contributed by atoms with Gasteiger partial charge in [-0.1, -0.05) is 12.1 Å². The van der Waals surface area contributed by atoms with Crippen LogP contribution >= 0.6 is 0 Å². The molecule has 0 aliphatic carbocycles. The zero-order valence-corrected chi connectivity index (χ0v) is 18.6. The fraction of sp³-hybridized carbons (Fsp3) is 0.217. The molecule has 2 heterocycles. The summed E-state index contributed by atoms with van der Waals surface area (Å²) in [5, 5.41) is 10.8. The Hall–Kier alpha value is -4.14. The third kappa shape index (κ3) is 4.77. The molecule has 0 aliphatic heterocycles. The smallest absolute Gasteiger partial charge is 0.251 e. The number of fused-ring (bicyclic) bond motifs is 1. The molecule has 32 heavy (non-hydrogen) atoms. The number of benzene rings is 1. The highest BCUT2D eigenvalue weighted by Gasteiger charge is 2.15. The van der Waals surface area contributed by atoms with Gasteiger partial charge in [0.15, 0.2) is 0 Å². The summed E-state index contributed by atoms with van der Waals surface area (Å²) in [7, 11) is 3.48. The van der Waals surface area contributed by atoms with E-state index >= 15 is 0 Å². The fourth-order valence-electron chi connectivity index (χ4n) is 3.23. The largest absolute Gasteiger partial charge is 0.352 e. The van der Waals surface area contributed by atoms with Gasteiger partial charge in [0.2, 0.25) is 0 Å². The van der Waals surface area contributed by atoms with Gasteiger partial charge in [-0.25, -0.2) is 9.97 Å². The van der Waals surface area contributed by atoms with Crippen LogP contribution in [-0.2, 0) is 0 Å². The van der Waals surface area contributed by atoms with Crippen LogP contribution in [0.2, 0.25) is 0 Å². The Morgan fingerprint density at radius 2 is 2.03 bits per heavy atom. The highest BCUT2D eigenvalue weighted by molar-refractivity contribution is 5.96. The number of anilines is 1. The van der Waals surface area contributed by atoms with Gasteiger partial charge in [-0.15, -0.1) is 0 Å². The zero-order chi connectivity index (χ0) is 23.1. The van der Waals surface area contributed by atoms with Crippen LogP contribution in [0.25, 0.3) is 22.4 Å². The van der Waals surface area contributed by atoms with E-state index in [2.05, 4.69) is 42.2 Å². The first-order valence-corrected chi connectivity index (χ1v) is 10.1. The molecule has 0 saturated carbocycles.